The van der Waals surface area contributed by atoms with Crippen LogP contribution in [0.3, 0.4) is 0 Å². The van der Waals surface area contributed by atoms with E-state index in [0.717, 1.165) is 12.8 Å². The molecule has 4 aromatic carbocycles. The fraction of sp³-hybridized carbons (Fsp3) is 0.0645. The summed E-state index contributed by atoms with van der Waals surface area (Å²) in [6, 6.07) is 36.1. The Labute approximate surface area is 230 Å². The van der Waals surface area contributed by atoms with Crippen molar-refractivity contribution in [2.24, 2.45) is 0 Å². The van der Waals surface area contributed by atoms with Crippen molar-refractivity contribution in [2.75, 3.05) is 0 Å². The van der Waals surface area contributed by atoms with Gasteiger partial charge < -0.3 is 24.8 Å². The quantitative estimate of drug-likeness (QED) is 0.290. The molecule has 0 heterocycles. The second-order valence-electron chi connectivity index (χ2n) is 7.52. The number of hydrogen-bond donors (Lipinski definition) is 0. The Morgan fingerprint density at radius 2 is 1.29 bits per heavy atom. The van der Waals surface area contributed by atoms with Gasteiger partial charge in [0.05, 0.1) is 0 Å². The van der Waals surface area contributed by atoms with E-state index in [4.69, 9.17) is 0 Å². The molecule has 0 fully saturated rings. The van der Waals surface area contributed by atoms with Gasteiger partial charge in [-0.25, -0.2) is 12.2 Å². The third-order valence-corrected chi connectivity index (χ3v) is 5.57. The molecule has 3 heteroatoms. The predicted molar refractivity (Wildman–Crippen MR) is 133 cm³/mol. The third-order valence-electron chi connectivity index (χ3n) is 5.57. The van der Waals surface area contributed by atoms with Crippen molar-refractivity contribution in [1.29, 1.82) is 0 Å². The smallest absolute Gasteiger partial charge is 0.0195 e. The van der Waals surface area contributed by atoms with Crippen LogP contribution < -0.4 is 24.8 Å². The molecule has 168 valence electrons. The van der Waals surface area contributed by atoms with Crippen LogP contribution in [0.1, 0.15) is 17.5 Å². The molecule has 34 heavy (non-hydrogen) atoms. The van der Waals surface area contributed by atoms with Crippen LogP contribution in [0, 0.1) is 12.1 Å². The maximum Gasteiger partial charge on any atom is -0.0195 e. The molecule has 0 amide bonds. The van der Waals surface area contributed by atoms with Crippen molar-refractivity contribution < 1.29 is 49.0 Å². The van der Waals surface area contributed by atoms with Crippen LogP contribution in [0.4, 0.5) is 0 Å². The monoisotopic (exact) mass is 556 g/mol. The van der Waals surface area contributed by atoms with Gasteiger partial charge in [0, 0.05) is 0 Å². The zero-order valence-corrected chi connectivity index (χ0v) is 22.7. The number of hydrogen-bond acceptors (Lipinski definition) is 0. The Kier molecular flexibility index (Phi) is 11.6. The van der Waals surface area contributed by atoms with Gasteiger partial charge in [-0.15, -0.1) is 35.2 Å². The summed E-state index contributed by atoms with van der Waals surface area (Å²) >= 11 is 1.30. The van der Waals surface area contributed by atoms with Crippen LogP contribution in [-0.4, -0.2) is 4.21 Å². The van der Waals surface area contributed by atoms with E-state index >= 15 is 0 Å². The van der Waals surface area contributed by atoms with Crippen LogP contribution in [0.15, 0.2) is 109 Å². The third kappa shape index (κ3) is 6.42. The summed E-state index contributed by atoms with van der Waals surface area (Å²) in [5.74, 6) is 0. The molecule has 2 aliphatic rings. The molecule has 0 radical (unpaired) electrons. The molecule has 0 aliphatic heterocycles. The molecule has 0 nitrogen and oxygen atoms in total. The van der Waals surface area contributed by atoms with Gasteiger partial charge >= 0.3 is 28.4 Å². The SMILES string of the molecule is [C-]1=CC=CC1.[CH2]=[Zr+2].[Cl-].[Cl-].[c-]1c2c(cc(-c3ccccc3)c1-c1ccccc1)-c1ccccc1C2. The molecular weight excluding hydrogens is 534 g/mol. The van der Waals surface area contributed by atoms with Crippen molar-refractivity contribution in [3.8, 4) is 33.4 Å². The summed E-state index contributed by atoms with van der Waals surface area (Å²) in [5.41, 5.74) is 10.3. The molecule has 4 aromatic rings. The Bertz CT molecular complexity index is 1240. The van der Waals surface area contributed by atoms with Crippen LogP contribution in [0.2, 0.25) is 0 Å². The maximum atomic E-state index is 3.76. The fourth-order valence-electron chi connectivity index (χ4n) is 4.11. The van der Waals surface area contributed by atoms with Gasteiger partial charge in [0.15, 0.2) is 0 Å². The molecule has 0 aromatic heterocycles. The van der Waals surface area contributed by atoms with Gasteiger partial charge in [-0.1, -0.05) is 107 Å². The average molecular weight is 559 g/mol. The molecule has 0 atom stereocenters. The molecular formula is C31H24Cl2Zr-2. The molecule has 2 aliphatic carbocycles. The average Bonchev–Trinajstić information content (AvgIpc) is 3.57. The molecule has 0 bridgehead atoms. The minimum absolute atomic E-state index is 0. The summed E-state index contributed by atoms with van der Waals surface area (Å²) in [6.07, 6.45) is 11.0. The number of halogens is 2. The summed E-state index contributed by atoms with van der Waals surface area (Å²) in [6.45, 7) is 0. The van der Waals surface area contributed by atoms with Crippen molar-refractivity contribution >= 4 is 4.21 Å². The van der Waals surface area contributed by atoms with Gasteiger partial charge in [-0.2, -0.15) is 6.08 Å². The molecule has 0 unspecified atom stereocenters. The fourth-order valence-corrected chi connectivity index (χ4v) is 4.11. The topological polar surface area (TPSA) is 0 Å². The maximum absolute atomic E-state index is 3.76. The zero-order valence-electron chi connectivity index (χ0n) is 18.8. The number of benzene rings is 4. The summed E-state index contributed by atoms with van der Waals surface area (Å²) in [7, 11) is 0. The van der Waals surface area contributed by atoms with E-state index < -0.39 is 0 Å². The summed E-state index contributed by atoms with van der Waals surface area (Å²) < 4.78 is 3.34. The summed E-state index contributed by atoms with van der Waals surface area (Å²) in [5, 5.41) is 0. The Morgan fingerprint density at radius 3 is 1.88 bits per heavy atom. The molecule has 0 N–H and O–H groups in total. The van der Waals surface area contributed by atoms with E-state index in [1.165, 1.54) is 68.7 Å². The van der Waals surface area contributed by atoms with Crippen LogP contribution in [0.25, 0.3) is 33.4 Å². The van der Waals surface area contributed by atoms with Gasteiger partial charge in [0.2, 0.25) is 0 Å². The van der Waals surface area contributed by atoms with E-state index in [9.17, 15) is 0 Å². The Hall–Kier alpha value is -2.31. The largest absolute Gasteiger partial charge is 1.00 e. The second kappa shape index (κ2) is 14.2. The van der Waals surface area contributed by atoms with E-state index in [-0.39, 0.29) is 24.8 Å². The van der Waals surface area contributed by atoms with Crippen LogP contribution in [-0.2, 0) is 30.7 Å². The minimum atomic E-state index is 0. The number of rotatable bonds is 2. The number of allylic oxidation sites excluding steroid dienone is 4. The van der Waals surface area contributed by atoms with Crippen molar-refractivity contribution in [1.82, 2.24) is 0 Å². The van der Waals surface area contributed by atoms with Crippen LogP contribution >= 0.6 is 0 Å². The van der Waals surface area contributed by atoms with E-state index in [2.05, 4.69) is 113 Å². The standard InChI is InChI=1S/C25H17.C5H5.CH2.2ClH.Zr/c1-3-9-18(10-4-1)23-16-21-15-20-13-7-8-14-22(20)25(21)17-24(23)19-11-5-2-6-12-19;1-2-4-5-3-1;;;;/h1-14,17H,15H2;1-3H,4H2;1H2;2*1H;/q2*-1;;;;+2/p-2. The Balaban J connectivity index is 0.000000400. The molecule has 0 saturated heterocycles. The number of fused-ring (bicyclic) bond motifs is 3. The van der Waals surface area contributed by atoms with Gasteiger partial charge in [0.1, 0.15) is 0 Å². The first kappa shape index (κ1) is 27.9. The first-order chi connectivity index (χ1) is 15.9. The minimum Gasteiger partial charge on any atom is -1.00 e. The van der Waals surface area contributed by atoms with Crippen molar-refractivity contribution in [3.63, 3.8) is 0 Å². The van der Waals surface area contributed by atoms with E-state index in [0.29, 0.717) is 0 Å². The van der Waals surface area contributed by atoms with Gasteiger partial charge in [-0.3, -0.25) is 6.08 Å². The first-order valence-electron chi connectivity index (χ1n) is 10.8. The predicted octanol–water partition coefficient (Wildman–Crippen LogP) is 1.67. The molecule has 0 spiro atoms. The van der Waals surface area contributed by atoms with Crippen molar-refractivity contribution in [2.45, 2.75) is 12.8 Å². The Morgan fingerprint density at radius 1 is 0.676 bits per heavy atom. The summed E-state index contributed by atoms with van der Waals surface area (Å²) in [4.78, 5) is 0. The molecule has 6 rings (SSSR count). The van der Waals surface area contributed by atoms with E-state index in [1.807, 2.05) is 12.2 Å². The van der Waals surface area contributed by atoms with Gasteiger partial charge in [-0.05, 0) is 12.0 Å². The van der Waals surface area contributed by atoms with Crippen LogP contribution in [0.5, 0.6) is 0 Å². The van der Waals surface area contributed by atoms with Gasteiger partial charge in [0.25, 0.3) is 0 Å². The van der Waals surface area contributed by atoms with Crippen molar-refractivity contribution in [3.05, 3.63) is 132 Å². The second-order valence-corrected chi connectivity index (χ2v) is 7.52. The zero-order chi connectivity index (χ0) is 22.2. The molecule has 0 saturated carbocycles. The van der Waals surface area contributed by atoms with E-state index in [1.54, 1.807) is 0 Å². The normalized spacial score (nSPS) is 11.5. The first-order valence-corrected chi connectivity index (χ1v) is 12.5.